The molecule has 0 amide bonds. The quantitative estimate of drug-likeness (QED) is 0.675. The van der Waals surface area contributed by atoms with Crippen LogP contribution in [0.4, 0.5) is 15.8 Å². The third-order valence-electron chi connectivity index (χ3n) is 4.53. The third-order valence-corrected chi connectivity index (χ3v) is 4.53. The van der Waals surface area contributed by atoms with Crippen LogP contribution in [-0.2, 0) is 9.47 Å². The molecule has 1 aliphatic rings. The zero-order chi connectivity index (χ0) is 18.8. The highest BCUT2D eigenvalue weighted by molar-refractivity contribution is 6.02. The number of aromatic amines is 1. The van der Waals surface area contributed by atoms with Crippen LogP contribution in [0.15, 0.2) is 47.5 Å². The highest BCUT2D eigenvalue weighted by atomic mass is 19.1. The van der Waals surface area contributed by atoms with E-state index < -0.39 is 0 Å². The van der Waals surface area contributed by atoms with Crippen molar-refractivity contribution in [3.63, 3.8) is 0 Å². The Labute approximate surface area is 155 Å². The fraction of sp³-hybridized carbons (Fsp3) is 0.250. The molecule has 6 nitrogen and oxygen atoms in total. The second kappa shape index (κ2) is 7.38. The van der Waals surface area contributed by atoms with Gasteiger partial charge in [0.05, 0.1) is 31.0 Å². The van der Waals surface area contributed by atoms with Crippen LogP contribution in [0.1, 0.15) is 5.56 Å². The van der Waals surface area contributed by atoms with Gasteiger partial charge < -0.3 is 24.5 Å². The molecule has 1 saturated heterocycles. The molecule has 140 valence electrons. The molecule has 0 radical (unpaired) electrons. The summed E-state index contributed by atoms with van der Waals surface area (Å²) in [7, 11) is 1.97. The van der Waals surface area contributed by atoms with E-state index in [4.69, 9.17) is 9.47 Å². The Hall–Kier alpha value is -2.90. The molecule has 1 fully saturated rings. The first kappa shape index (κ1) is 17.5. The predicted molar refractivity (Wildman–Crippen MR) is 103 cm³/mol. The van der Waals surface area contributed by atoms with Gasteiger partial charge >= 0.3 is 0 Å². The highest BCUT2D eigenvalue weighted by Gasteiger charge is 2.18. The van der Waals surface area contributed by atoms with Crippen molar-refractivity contribution in [1.82, 2.24) is 4.98 Å². The Morgan fingerprint density at radius 3 is 2.70 bits per heavy atom. The summed E-state index contributed by atoms with van der Waals surface area (Å²) in [5.74, 6) is -0.397. The molecule has 0 saturated carbocycles. The number of ether oxygens (including phenoxy) is 2. The van der Waals surface area contributed by atoms with Crippen LogP contribution < -0.4 is 4.90 Å². The summed E-state index contributed by atoms with van der Waals surface area (Å²) in [6, 6.07) is 12.0. The number of nitrogens with one attached hydrogen (secondary N) is 1. The summed E-state index contributed by atoms with van der Waals surface area (Å²) in [4.78, 5) is 9.27. The Morgan fingerprint density at radius 2 is 1.96 bits per heavy atom. The fourth-order valence-electron chi connectivity index (χ4n) is 3.08. The van der Waals surface area contributed by atoms with E-state index in [0.29, 0.717) is 36.2 Å². The summed E-state index contributed by atoms with van der Waals surface area (Å²) < 4.78 is 24.4. The van der Waals surface area contributed by atoms with E-state index >= 15 is 0 Å². The number of nitrogens with zero attached hydrogens (tertiary/aromatic N) is 2. The monoisotopic (exact) mass is 369 g/mol. The molecular weight excluding hydrogens is 349 g/mol. The van der Waals surface area contributed by atoms with Gasteiger partial charge in [0, 0.05) is 29.9 Å². The maximum atomic E-state index is 13.5. The van der Waals surface area contributed by atoms with E-state index in [2.05, 4.69) is 14.9 Å². The molecular formula is C20H20FN3O3. The van der Waals surface area contributed by atoms with Crippen molar-refractivity contribution in [2.24, 2.45) is 4.99 Å². The van der Waals surface area contributed by atoms with Crippen LogP contribution in [0.3, 0.4) is 0 Å². The average Bonchev–Trinajstić information content (AvgIpc) is 3.27. The van der Waals surface area contributed by atoms with Gasteiger partial charge in [0.25, 0.3) is 0 Å². The number of anilines is 1. The zero-order valence-corrected chi connectivity index (χ0v) is 14.9. The highest BCUT2D eigenvalue weighted by Crippen LogP contribution is 2.27. The normalized spacial score (nSPS) is 15.2. The number of likely N-dealkylation sites (N-methyl/N-ethyl adjacent to an activating group) is 1. The van der Waals surface area contributed by atoms with Crippen molar-refractivity contribution in [1.29, 1.82) is 0 Å². The van der Waals surface area contributed by atoms with Crippen LogP contribution in [0.5, 0.6) is 5.88 Å². The van der Waals surface area contributed by atoms with Gasteiger partial charge in [-0.3, -0.25) is 4.99 Å². The molecule has 0 unspecified atom stereocenters. The van der Waals surface area contributed by atoms with Gasteiger partial charge in [-0.1, -0.05) is 0 Å². The van der Waals surface area contributed by atoms with Gasteiger partial charge in [-0.2, -0.15) is 0 Å². The smallest absolute Gasteiger partial charge is 0.198 e. The number of rotatable bonds is 5. The molecule has 2 aromatic carbocycles. The van der Waals surface area contributed by atoms with Gasteiger partial charge in [-0.15, -0.1) is 0 Å². The molecule has 2 heterocycles. The van der Waals surface area contributed by atoms with Gasteiger partial charge in [0.1, 0.15) is 5.82 Å². The molecule has 2 N–H and O–H groups in total. The van der Waals surface area contributed by atoms with Crippen molar-refractivity contribution < 1.29 is 19.0 Å². The van der Waals surface area contributed by atoms with E-state index in [-0.39, 0.29) is 18.0 Å². The first-order valence-corrected chi connectivity index (χ1v) is 8.69. The Morgan fingerprint density at radius 1 is 1.22 bits per heavy atom. The van der Waals surface area contributed by atoms with Crippen LogP contribution in [0.25, 0.3) is 10.9 Å². The number of fused-ring (bicyclic) bond motifs is 1. The standard InChI is InChI=1S/C20H20FN3O3/c1-24(12-19-26-8-9-27-19)15-5-3-14(4-6-15)22-11-17-16-10-13(21)2-7-18(16)23-20(17)25/h2-7,10-11,19,23,25H,8-9,12H2,1H3. The van der Waals surface area contributed by atoms with E-state index in [0.717, 1.165) is 11.4 Å². The number of halogens is 1. The van der Waals surface area contributed by atoms with E-state index in [9.17, 15) is 9.50 Å². The van der Waals surface area contributed by atoms with Crippen molar-refractivity contribution >= 4 is 28.5 Å². The SMILES string of the molecule is CN(CC1OCCO1)c1ccc(N=Cc2c(O)[nH]c3ccc(F)cc23)cc1. The number of hydrogen-bond donors (Lipinski definition) is 2. The maximum absolute atomic E-state index is 13.5. The van der Waals surface area contributed by atoms with Crippen molar-refractivity contribution in [2.45, 2.75) is 6.29 Å². The van der Waals surface area contributed by atoms with Gasteiger partial charge in [-0.05, 0) is 42.5 Å². The number of aliphatic imine (C=N–C) groups is 1. The third kappa shape index (κ3) is 3.79. The molecule has 7 heteroatoms. The molecule has 1 aromatic heterocycles. The zero-order valence-electron chi connectivity index (χ0n) is 14.9. The summed E-state index contributed by atoms with van der Waals surface area (Å²) in [6.07, 6.45) is 1.34. The lowest BCUT2D eigenvalue weighted by Gasteiger charge is -2.22. The molecule has 0 spiro atoms. The van der Waals surface area contributed by atoms with Crippen LogP contribution in [0.2, 0.25) is 0 Å². The summed E-state index contributed by atoms with van der Waals surface area (Å²) in [5.41, 5.74) is 2.86. The minimum Gasteiger partial charge on any atom is -0.494 e. The first-order chi connectivity index (χ1) is 13.1. The van der Waals surface area contributed by atoms with Crippen molar-refractivity contribution in [2.75, 3.05) is 31.7 Å². The number of benzene rings is 2. The Kier molecular flexibility index (Phi) is 4.79. The summed E-state index contributed by atoms with van der Waals surface area (Å²) in [5, 5.41) is 10.6. The second-order valence-electron chi connectivity index (χ2n) is 6.40. The average molecular weight is 369 g/mol. The van der Waals surface area contributed by atoms with E-state index in [1.165, 1.54) is 18.3 Å². The predicted octanol–water partition coefficient (Wildman–Crippen LogP) is 3.57. The lowest BCUT2D eigenvalue weighted by Crippen LogP contribution is -2.29. The molecule has 1 aliphatic heterocycles. The number of aromatic hydroxyl groups is 1. The molecule has 0 bridgehead atoms. The fourth-order valence-corrected chi connectivity index (χ4v) is 3.08. The van der Waals surface area contributed by atoms with Crippen LogP contribution in [0, 0.1) is 5.82 Å². The molecule has 3 aromatic rings. The van der Waals surface area contributed by atoms with Crippen LogP contribution >= 0.6 is 0 Å². The summed E-state index contributed by atoms with van der Waals surface area (Å²) >= 11 is 0. The molecule has 27 heavy (non-hydrogen) atoms. The van der Waals surface area contributed by atoms with E-state index in [1.54, 1.807) is 6.07 Å². The number of H-pyrrole nitrogens is 1. The van der Waals surface area contributed by atoms with Crippen LogP contribution in [-0.4, -0.2) is 49.4 Å². The van der Waals surface area contributed by atoms with E-state index in [1.807, 2.05) is 31.3 Å². The van der Waals surface area contributed by atoms with Crippen molar-refractivity contribution in [3.05, 3.63) is 53.8 Å². The minimum absolute atomic E-state index is 0.0349. The summed E-state index contributed by atoms with van der Waals surface area (Å²) in [6.45, 7) is 1.92. The Bertz CT molecular complexity index is 963. The molecule has 0 atom stereocenters. The van der Waals surface area contributed by atoms with Gasteiger partial charge in [0.15, 0.2) is 12.2 Å². The molecule has 4 rings (SSSR count). The second-order valence-corrected chi connectivity index (χ2v) is 6.40. The van der Waals surface area contributed by atoms with Gasteiger partial charge in [-0.25, -0.2) is 4.39 Å². The largest absolute Gasteiger partial charge is 0.494 e. The first-order valence-electron chi connectivity index (χ1n) is 8.69. The molecule has 0 aliphatic carbocycles. The lowest BCUT2D eigenvalue weighted by atomic mass is 10.2. The topological polar surface area (TPSA) is 70.1 Å². The Balaban J connectivity index is 1.50. The number of hydrogen-bond acceptors (Lipinski definition) is 5. The number of aromatic nitrogens is 1. The lowest BCUT2D eigenvalue weighted by molar-refractivity contribution is -0.0336. The maximum Gasteiger partial charge on any atom is 0.198 e. The minimum atomic E-state index is -0.362. The van der Waals surface area contributed by atoms with Crippen molar-refractivity contribution in [3.8, 4) is 5.88 Å². The van der Waals surface area contributed by atoms with Gasteiger partial charge in [0.2, 0.25) is 0 Å².